The summed E-state index contributed by atoms with van der Waals surface area (Å²) in [7, 11) is 3.80. The third-order valence-electron chi connectivity index (χ3n) is 3.90. The quantitative estimate of drug-likeness (QED) is 0.681. The summed E-state index contributed by atoms with van der Waals surface area (Å²) >= 11 is 1.72. The zero-order valence-corrected chi connectivity index (χ0v) is 15.2. The average molecular weight is 346 g/mol. The number of aliphatic imine (C=N–C) groups is 1. The molecule has 0 spiro atoms. The highest BCUT2D eigenvalue weighted by Crippen LogP contribution is 2.32. The minimum atomic E-state index is 0.296. The van der Waals surface area contributed by atoms with Crippen LogP contribution in [-0.4, -0.2) is 36.7 Å². The molecule has 0 saturated heterocycles. The number of fused-ring (bicyclic) bond motifs is 1. The van der Waals surface area contributed by atoms with Crippen LogP contribution in [0.2, 0.25) is 0 Å². The Labute approximate surface area is 146 Å². The molecular weight excluding hydrogens is 324 g/mol. The first-order valence-corrected chi connectivity index (χ1v) is 8.61. The Bertz CT molecular complexity index is 738. The molecule has 0 saturated carbocycles. The smallest absolute Gasteiger partial charge is 0.231 e. The third kappa shape index (κ3) is 3.62. The number of benzene rings is 1. The lowest BCUT2D eigenvalue weighted by Crippen LogP contribution is -2.38. The molecule has 1 aromatic heterocycles. The maximum atomic E-state index is 5.43. The van der Waals surface area contributed by atoms with Gasteiger partial charge in [0.1, 0.15) is 5.01 Å². The highest BCUT2D eigenvalue weighted by molar-refractivity contribution is 7.11. The monoisotopic (exact) mass is 346 g/mol. The molecule has 0 aliphatic carbocycles. The highest BCUT2D eigenvalue weighted by atomic mass is 32.1. The Morgan fingerprint density at radius 1 is 1.33 bits per heavy atom. The Kier molecular flexibility index (Phi) is 4.89. The van der Waals surface area contributed by atoms with Gasteiger partial charge in [-0.15, -0.1) is 11.3 Å². The summed E-state index contributed by atoms with van der Waals surface area (Å²) in [5.41, 5.74) is 2.24. The van der Waals surface area contributed by atoms with Gasteiger partial charge in [0.05, 0.1) is 12.2 Å². The van der Waals surface area contributed by atoms with Crippen molar-refractivity contribution in [2.45, 2.75) is 26.9 Å². The first-order chi connectivity index (χ1) is 11.6. The number of ether oxygens (including phenoxy) is 2. The van der Waals surface area contributed by atoms with Crippen LogP contribution >= 0.6 is 11.3 Å². The molecule has 24 heavy (non-hydrogen) atoms. The summed E-state index contributed by atoms with van der Waals surface area (Å²) in [4.78, 5) is 12.2. The van der Waals surface area contributed by atoms with Crippen molar-refractivity contribution < 1.29 is 9.47 Å². The van der Waals surface area contributed by atoms with Gasteiger partial charge in [-0.1, -0.05) is 6.07 Å². The summed E-state index contributed by atoms with van der Waals surface area (Å²) in [6.45, 7) is 5.83. The fraction of sp³-hybridized carbons (Fsp3) is 0.412. The molecule has 1 aromatic carbocycles. The second-order valence-electron chi connectivity index (χ2n) is 5.69. The van der Waals surface area contributed by atoms with E-state index in [1.54, 1.807) is 18.4 Å². The normalized spacial score (nSPS) is 13.2. The highest BCUT2D eigenvalue weighted by Gasteiger charge is 2.15. The van der Waals surface area contributed by atoms with E-state index in [2.05, 4.69) is 27.1 Å². The van der Waals surface area contributed by atoms with Gasteiger partial charge in [-0.3, -0.25) is 4.99 Å². The predicted octanol–water partition coefficient (Wildman–Crippen LogP) is 2.70. The molecule has 1 N–H and O–H groups in total. The molecule has 0 atom stereocenters. The van der Waals surface area contributed by atoms with Crippen LogP contribution in [0.1, 0.15) is 21.1 Å². The zero-order valence-electron chi connectivity index (χ0n) is 14.4. The summed E-state index contributed by atoms with van der Waals surface area (Å²) in [6.07, 6.45) is 0. The summed E-state index contributed by atoms with van der Waals surface area (Å²) < 4.78 is 10.8. The van der Waals surface area contributed by atoms with Gasteiger partial charge in [0, 0.05) is 25.5 Å². The van der Waals surface area contributed by atoms with Gasteiger partial charge in [-0.25, -0.2) is 4.98 Å². The number of nitrogens with one attached hydrogen (secondary N) is 1. The third-order valence-corrected chi connectivity index (χ3v) is 4.97. The number of aromatic nitrogens is 1. The van der Waals surface area contributed by atoms with Gasteiger partial charge >= 0.3 is 0 Å². The second kappa shape index (κ2) is 7.09. The van der Waals surface area contributed by atoms with Crippen LogP contribution < -0.4 is 14.8 Å². The molecule has 128 valence electrons. The Morgan fingerprint density at radius 2 is 2.12 bits per heavy atom. The largest absolute Gasteiger partial charge is 0.454 e. The van der Waals surface area contributed by atoms with E-state index in [0.29, 0.717) is 13.3 Å². The van der Waals surface area contributed by atoms with E-state index in [4.69, 9.17) is 9.47 Å². The maximum Gasteiger partial charge on any atom is 0.231 e. The second-order valence-corrected chi connectivity index (χ2v) is 6.98. The molecule has 0 amide bonds. The van der Waals surface area contributed by atoms with E-state index in [1.807, 2.05) is 32.2 Å². The van der Waals surface area contributed by atoms with Crippen molar-refractivity contribution in [3.8, 4) is 11.5 Å². The van der Waals surface area contributed by atoms with E-state index < -0.39 is 0 Å². The van der Waals surface area contributed by atoms with Crippen molar-refractivity contribution in [1.29, 1.82) is 0 Å². The number of hydrogen-bond acceptors (Lipinski definition) is 5. The van der Waals surface area contributed by atoms with E-state index in [9.17, 15) is 0 Å². The van der Waals surface area contributed by atoms with Crippen molar-refractivity contribution in [3.05, 3.63) is 39.3 Å². The SMILES string of the molecule is CN=C(NCc1nc(C)c(C)s1)N(C)Cc1ccc2c(c1)OCO2. The lowest BCUT2D eigenvalue weighted by Gasteiger charge is -2.22. The van der Waals surface area contributed by atoms with Crippen LogP contribution in [0.5, 0.6) is 11.5 Å². The Morgan fingerprint density at radius 3 is 2.83 bits per heavy atom. The molecule has 0 fully saturated rings. The first-order valence-electron chi connectivity index (χ1n) is 7.80. The van der Waals surface area contributed by atoms with Crippen LogP contribution in [0.15, 0.2) is 23.2 Å². The average Bonchev–Trinajstić information content (AvgIpc) is 3.14. The minimum Gasteiger partial charge on any atom is -0.454 e. The lowest BCUT2D eigenvalue weighted by molar-refractivity contribution is 0.174. The topological polar surface area (TPSA) is 59.0 Å². The number of aryl methyl sites for hydroxylation is 2. The van der Waals surface area contributed by atoms with Gasteiger partial charge < -0.3 is 19.7 Å². The standard InChI is InChI=1S/C17H22N4O2S/c1-11-12(2)24-16(20-11)8-19-17(18-3)21(4)9-13-5-6-14-15(7-13)23-10-22-14/h5-7H,8-10H2,1-4H3,(H,18,19). The summed E-state index contributed by atoms with van der Waals surface area (Å²) in [6, 6.07) is 6.01. The van der Waals surface area contributed by atoms with Gasteiger partial charge in [0.25, 0.3) is 0 Å². The molecule has 2 heterocycles. The molecule has 3 rings (SSSR count). The number of rotatable bonds is 4. The van der Waals surface area contributed by atoms with Crippen LogP contribution in [0.25, 0.3) is 0 Å². The van der Waals surface area contributed by atoms with Crippen LogP contribution in [-0.2, 0) is 13.1 Å². The Balaban J connectivity index is 1.60. The number of thiazole rings is 1. The van der Waals surface area contributed by atoms with Crippen molar-refractivity contribution in [3.63, 3.8) is 0 Å². The van der Waals surface area contributed by atoms with Crippen LogP contribution in [0.4, 0.5) is 0 Å². The van der Waals surface area contributed by atoms with Crippen molar-refractivity contribution in [1.82, 2.24) is 15.2 Å². The number of guanidine groups is 1. The molecule has 7 heteroatoms. The Hall–Kier alpha value is -2.28. The summed E-state index contributed by atoms with van der Waals surface area (Å²) in [5, 5.41) is 4.44. The van der Waals surface area contributed by atoms with E-state index >= 15 is 0 Å². The predicted molar refractivity (Wildman–Crippen MR) is 95.8 cm³/mol. The van der Waals surface area contributed by atoms with Crippen molar-refractivity contribution in [2.75, 3.05) is 20.9 Å². The fourth-order valence-corrected chi connectivity index (χ4v) is 3.42. The maximum absolute atomic E-state index is 5.43. The van der Waals surface area contributed by atoms with Gasteiger partial charge in [-0.05, 0) is 31.5 Å². The van der Waals surface area contributed by atoms with E-state index in [-0.39, 0.29) is 0 Å². The van der Waals surface area contributed by atoms with Gasteiger partial charge in [0.15, 0.2) is 17.5 Å². The van der Waals surface area contributed by atoms with Gasteiger partial charge in [-0.2, -0.15) is 0 Å². The van der Waals surface area contributed by atoms with Crippen LogP contribution in [0.3, 0.4) is 0 Å². The zero-order chi connectivity index (χ0) is 17.1. The lowest BCUT2D eigenvalue weighted by atomic mass is 10.2. The van der Waals surface area contributed by atoms with E-state index in [1.165, 1.54) is 4.88 Å². The fourth-order valence-electron chi connectivity index (χ4n) is 2.54. The minimum absolute atomic E-state index is 0.296. The van der Waals surface area contributed by atoms with Crippen molar-refractivity contribution in [2.24, 2.45) is 4.99 Å². The molecule has 0 unspecified atom stereocenters. The van der Waals surface area contributed by atoms with E-state index in [0.717, 1.165) is 40.3 Å². The van der Waals surface area contributed by atoms with Gasteiger partial charge in [0.2, 0.25) is 6.79 Å². The molecule has 0 bridgehead atoms. The number of nitrogens with zero attached hydrogens (tertiary/aromatic N) is 3. The number of hydrogen-bond donors (Lipinski definition) is 1. The molecule has 2 aromatic rings. The first kappa shape index (κ1) is 16.6. The molecule has 0 radical (unpaired) electrons. The summed E-state index contributed by atoms with van der Waals surface area (Å²) in [5.74, 6) is 2.44. The van der Waals surface area contributed by atoms with Crippen molar-refractivity contribution >= 4 is 17.3 Å². The van der Waals surface area contributed by atoms with Crippen LogP contribution in [0, 0.1) is 13.8 Å². The molecular formula is C17H22N4O2S. The molecule has 6 nitrogen and oxygen atoms in total. The molecule has 1 aliphatic rings. The molecule has 1 aliphatic heterocycles.